The van der Waals surface area contributed by atoms with E-state index in [1.807, 2.05) is 13.0 Å². The van der Waals surface area contributed by atoms with Gasteiger partial charge in [-0.05, 0) is 42.8 Å². The van der Waals surface area contributed by atoms with Gasteiger partial charge in [0.05, 0.1) is 30.9 Å². The van der Waals surface area contributed by atoms with Crippen molar-refractivity contribution >= 4 is 0 Å². The Kier molecular flexibility index (Phi) is 5.02. The summed E-state index contributed by atoms with van der Waals surface area (Å²) >= 11 is 0. The van der Waals surface area contributed by atoms with Gasteiger partial charge in [0.15, 0.2) is 11.5 Å². The van der Waals surface area contributed by atoms with Gasteiger partial charge < -0.3 is 19.9 Å². The maximum absolute atomic E-state index is 14.0. The van der Waals surface area contributed by atoms with Crippen LogP contribution >= 0.6 is 0 Å². The van der Waals surface area contributed by atoms with E-state index in [1.54, 1.807) is 31.4 Å². The maximum atomic E-state index is 14.0. The van der Waals surface area contributed by atoms with Gasteiger partial charge in [-0.2, -0.15) is 5.26 Å². The molecule has 1 aromatic heterocycles. The van der Waals surface area contributed by atoms with Crippen molar-refractivity contribution in [2.75, 3.05) is 13.7 Å². The van der Waals surface area contributed by atoms with Gasteiger partial charge in [0, 0.05) is 5.56 Å². The SMILES string of the molecule is CCOc1ccc(-c2[nH]nc3c2[C@H](c2cccc(F)c2)C(C#N)=C(N)O3)cc1OC. The Morgan fingerprint density at radius 2 is 2.10 bits per heavy atom. The molecular formula is C22H19FN4O3. The summed E-state index contributed by atoms with van der Waals surface area (Å²) in [4.78, 5) is 0. The van der Waals surface area contributed by atoms with Gasteiger partial charge in [0.1, 0.15) is 17.5 Å². The Bertz CT molecular complexity index is 1180. The molecule has 0 aliphatic carbocycles. The minimum atomic E-state index is -0.638. The summed E-state index contributed by atoms with van der Waals surface area (Å²) in [6.45, 7) is 2.39. The van der Waals surface area contributed by atoms with Gasteiger partial charge in [-0.1, -0.05) is 12.1 Å². The molecule has 2 aromatic carbocycles. The van der Waals surface area contributed by atoms with Gasteiger partial charge in [0.25, 0.3) is 0 Å². The Morgan fingerprint density at radius 3 is 2.80 bits per heavy atom. The minimum absolute atomic E-state index is 0.0541. The second-order valence-electron chi connectivity index (χ2n) is 6.60. The molecule has 4 rings (SSSR count). The first-order valence-electron chi connectivity index (χ1n) is 9.29. The fourth-order valence-corrected chi connectivity index (χ4v) is 3.58. The van der Waals surface area contributed by atoms with Crippen molar-refractivity contribution in [2.45, 2.75) is 12.8 Å². The molecule has 0 bridgehead atoms. The van der Waals surface area contributed by atoms with E-state index in [4.69, 9.17) is 19.9 Å². The van der Waals surface area contributed by atoms with Gasteiger partial charge >= 0.3 is 0 Å². The van der Waals surface area contributed by atoms with E-state index in [0.29, 0.717) is 34.9 Å². The number of H-pyrrole nitrogens is 1. The number of rotatable bonds is 5. The van der Waals surface area contributed by atoms with Crippen LogP contribution in [0.2, 0.25) is 0 Å². The molecule has 0 saturated heterocycles. The third-order valence-electron chi connectivity index (χ3n) is 4.87. The van der Waals surface area contributed by atoms with Crippen molar-refractivity contribution in [2.24, 2.45) is 5.73 Å². The first kappa shape index (κ1) is 19.3. The Labute approximate surface area is 172 Å². The number of nitrogens with zero attached hydrogens (tertiary/aromatic N) is 2. The number of halogens is 1. The summed E-state index contributed by atoms with van der Waals surface area (Å²) < 4.78 is 30.6. The lowest BCUT2D eigenvalue weighted by molar-refractivity contribution is 0.311. The quantitative estimate of drug-likeness (QED) is 0.667. The van der Waals surface area contributed by atoms with E-state index in [2.05, 4.69) is 16.3 Å². The van der Waals surface area contributed by atoms with Crippen LogP contribution in [0.4, 0.5) is 4.39 Å². The van der Waals surface area contributed by atoms with Crippen LogP contribution in [0.3, 0.4) is 0 Å². The second kappa shape index (κ2) is 7.79. The highest BCUT2D eigenvalue weighted by Crippen LogP contribution is 2.46. The number of methoxy groups -OCH3 is 1. The van der Waals surface area contributed by atoms with Crippen LogP contribution in [0.5, 0.6) is 17.4 Å². The molecule has 3 N–H and O–H groups in total. The number of nitriles is 1. The molecule has 0 unspecified atom stereocenters. The number of aromatic nitrogens is 2. The summed E-state index contributed by atoms with van der Waals surface area (Å²) in [5.74, 6) is 0.291. The monoisotopic (exact) mass is 406 g/mol. The Hall–Kier alpha value is -3.99. The molecule has 2 heterocycles. The smallest absolute Gasteiger partial charge is 0.244 e. The number of fused-ring (bicyclic) bond motifs is 1. The fourth-order valence-electron chi connectivity index (χ4n) is 3.58. The van der Waals surface area contributed by atoms with Crippen LogP contribution in [-0.2, 0) is 0 Å². The molecule has 8 heteroatoms. The average molecular weight is 406 g/mol. The number of nitrogens with one attached hydrogen (secondary N) is 1. The molecule has 152 valence electrons. The normalized spacial score (nSPS) is 15.2. The zero-order valence-electron chi connectivity index (χ0n) is 16.4. The lowest BCUT2D eigenvalue weighted by Crippen LogP contribution is -2.21. The number of hydrogen-bond donors (Lipinski definition) is 2. The molecule has 3 aromatic rings. The van der Waals surface area contributed by atoms with Crippen LogP contribution in [0, 0.1) is 17.1 Å². The maximum Gasteiger partial charge on any atom is 0.244 e. The predicted molar refractivity (Wildman–Crippen MR) is 107 cm³/mol. The number of ether oxygens (including phenoxy) is 3. The van der Waals surface area contributed by atoms with E-state index in [1.165, 1.54) is 12.1 Å². The molecule has 30 heavy (non-hydrogen) atoms. The van der Waals surface area contributed by atoms with Crippen molar-refractivity contribution in [3.05, 3.63) is 70.9 Å². The summed E-state index contributed by atoms with van der Waals surface area (Å²) in [6, 6.07) is 13.6. The van der Waals surface area contributed by atoms with Crippen LogP contribution in [0.1, 0.15) is 24.0 Å². The molecule has 0 spiro atoms. The number of hydrogen-bond acceptors (Lipinski definition) is 6. The van der Waals surface area contributed by atoms with Gasteiger partial charge in [-0.3, -0.25) is 5.10 Å². The van der Waals surface area contributed by atoms with Crippen LogP contribution in [0.15, 0.2) is 53.9 Å². The van der Waals surface area contributed by atoms with E-state index >= 15 is 0 Å². The number of aromatic amines is 1. The summed E-state index contributed by atoms with van der Waals surface area (Å²) in [6.07, 6.45) is 0. The zero-order chi connectivity index (χ0) is 21.3. The number of allylic oxidation sites excluding steroid dienone is 1. The standard InChI is InChI=1S/C22H19FN4O3/c1-3-29-16-8-7-13(10-17(16)28-2)20-19-18(12-5-4-6-14(23)9-12)15(11-24)21(25)30-22(19)27-26-20/h4-10,18H,3,25H2,1-2H3,(H,26,27)/t18-/m1/s1. The van der Waals surface area contributed by atoms with Crippen molar-refractivity contribution in [3.63, 3.8) is 0 Å². The molecule has 0 saturated carbocycles. The lowest BCUT2D eigenvalue weighted by atomic mass is 9.83. The Balaban J connectivity index is 1.90. The van der Waals surface area contributed by atoms with E-state index in [-0.39, 0.29) is 17.3 Å². The largest absolute Gasteiger partial charge is 0.493 e. The van der Waals surface area contributed by atoms with Crippen LogP contribution < -0.4 is 19.9 Å². The second-order valence-corrected chi connectivity index (χ2v) is 6.60. The van der Waals surface area contributed by atoms with E-state index in [9.17, 15) is 9.65 Å². The molecule has 0 amide bonds. The highest BCUT2D eigenvalue weighted by Gasteiger charge is 2.35. The van der Waals surface area contributed by atoms with Crippen LogP contribution in [-0.4, -0.2) is 23.9 Å². The van der Waals surface area contributed by atoms with Crippen molar-refractivity contribution in [1.29, 1.82) is 5.26 Å². The lowest BCUT2D eigenvalue weighted by Gasteiger charge is -2.24. The molecule has 0 radical (unpaired) electrons. The van der Waals surface area contributed by atoms with Gasteiger partial charge in [-0.15, -0.1) is 5.10 Å². The van der Waals surface area contributed by atoms with Crippen molar-refractivity contribution in [1.82, 2.24) is 10.2 Å². The van der Waals surface area contributed by atoms with Crippen molar-refractivity contribution in [3.8, 4) is 34.7 Å². The molecule has 1 aliphatic rings. The average Bonchev–Trinajstić information content (AvgIpc) is 3.16. The summed E-state index contributed by atoms with van der Waals surface area (Å²) in [5, 5.41) is 16.9. The third kappa shape index (κ3) is 3.20. The van der Waals surface area contributed by atoms with E-state index < -0.39 is 11.7 Å². The minimum Gasteiger partial charge on any atom is -0.493 e. The van der Waals surface area contributed by atoms with E-state index in [0.717, 1.165) is 5.56 Å². The molecule has 7 nitrogen and oxygen atoms in total. The Morgan fingerprint density at radius 1 is 1.27 bits per heavy atom. The van der Waals surface area contributed by atoms with Gasteiger partial charge in [-0.25, -0.2) is 4.39 Å². The highest BCUT2D eigenvalue weighted by molar-refractivity contribution is 5.72. The van der Waals surface area contributed by atoms with Gasteiger partial charge in [0.2, 0.25) is 11.8 Å². The fraction of sp³-hybridized carbons (Fsp3) is 0.182. The first-order chi connectivity index (χ1) is 14.6. The molecule has 0 fully saturated rings. The third-order valence-corrected chi connectivity index (χ3v) is 4.87. The first-order valence-corrected chi connectivity index (χ1v) is 9.29. The topological polar surface area (TPSA) is 106 Å². The number of benzene rings is 2. The predicted octanol–water partition coefficient (Wildman–Crippen LogP) is 3.84. The molecular weight excluding hydrogens is 387 g/mol. The summed E-state index contributed by atoms with van der Waals surface area (Å²) in [7, 11) is 1.56. The van der Waals surface area contributed by atoms with Crippen molar-refractivity contribution < 1.29 is 18.6 Å². The molecule has 1 aliphatic heterocycles. The summed E-state index contributed by atoms with van der Waals surface area (Å²) in [5.41, 5.74) is 8.67. The number of nitrogens with two attached hydrogens (primary N) is 1. The molecule has 1 atom stereocenters. The van der Waals surface area contributed by atoms with Crippen LogP contribution in [0.25, 0.3) is 11.3 Å². The highest BCUT2D eigenvalue weighted by atomic mass is 19.1. The zero-order valence-corrected chi connectivity index (χ0v) is 16.4.